The van der Waals surface area contributed by atoms with E-state index in [4.69, 9.17) is 0 Å². The normalized spacial score (nSPS) is 36.5. The number of allylic oxidation sites excluding steroid dienone is 1. The summed E-state index contributed by atoms with van der Waals surface area (Å²) in [7, 11) is 0. The maximum Gasteiger partial charge on any atom is 0.240 e. The number of aliphatic hydroxyl groups excluding tert-OH is 1. The highest BCUT2D eigenvalue weighted by Gasteiger charge is 2.62. The number of nitrogens with zero attached hydrogens (tertiary/aromatic N) is 1. The van der Waals surface area contributed by atoms with Gasteiger partial charge in [-0.1, -0.05) is 39.3 Å². The van der Waals surface area contributed by atoms with E-state index in [1.165, 1.54) is 17.7 Å². The number of halogens is 1. The minimum Gasteiger partial charge on any atom is -0.392 e. The summed E-state index contributed by atoms with van der Waals surface area (Å²) in [5.41, 5.74) is 1.36. The summed E-state index contributed by atoms with van der Waals surface area (Å²) in [5, 5.41) is 13.8. The minimum atomic E-state index is -0.412. The summed E-state index contributed by atoms with van der Waals surface area (Å²) in [6, 6.07) is 5.93. The molecule has 5 nitrogen and oxygen atoms in total. The minimum absolute atomic E-state index is 0.0145. The molecule has 3 saturated carbocycles. The topological polar surface area (TPSA) is 69.6 Å². The molecule has 0 spiro atoms. The van der Waals surface area contributed by atoms with Gasteiger partial charge < -0.3 is 15.3 Å². The number of anilines is 1. The Morgan fingerprint density at radius 2 is 1.68 bits per heavy atom. The molecular weight excluding hydrogens is 503 g/mol. The Morgan fingerprint density at radius 3 is 2.33 bits per heavy atom. The average molecular weight is 553 g/mol. The van der Waals surface area contributed by atoms with Crippen LogP contribution in [0.2, 0.25) is 0 Å². The van der Waals surface area contributed by atoms with Crippen LogP contribution in [0.5, 0.6) is 0 Å². The lowest BCUT2D eigenvalue weighted by Gasteiger charge is -2.61. The predicted octanol–water partition coefficient (Wildman–Crippen LogP) is 6.65. The Balaban J connectivity index is 1.42. The molecule has 0 radical (unpaired) electrons. The average Bonchev–Trinajstić information content (AvgIpc) is 3.21. The lowest BCUT2D eigenvalue weighted by Crippen LogP contribution is -2.55. The van der Waals surface area contributed by atoms with Crippen molar-refractivity contribution in [3.63, 3.8) is 0 Å². The van der Waals surface area contributed by atoms with E-state index < -0.39 is 5.54 Å². The fourth-order valence-corrected chi connectivity index (χ4v) is 9.50. The molecule has 2 N–H and O–H groups in total. The largest absolute Gasteiger partial charge is 0.392 e. The molecule has 6 heteroatoms. The molecule has 4 aliphatic carbocycles. The second-order valence-electron chi connectivity index (χ2n) is 15.3. The fraction of sp³-hybridized carbons (Fsp3) is 0.706. The highest BCUT2D eigenvalue weighted by Crippen LogP contribution is 2.68. The van der Waals surface area contributed by atoms with Gasteiger partial charge in [0.25, 0.3) is 0 Å². The second kappa shape index (κ2) is 9.96. The van der Waals surface area contributed by atoms with Gasteiger partial charge in [-0.05, 0) is 119 Å². The predicted molar refractivity (Wildman–Crippen MR) is 157 cm³/mol. The third kappa shape index (κ3) is 4.82. The first-order valence-electron chi connectivity index (χ1n) is 15.3. The van der Waals surface area contributed by atoms with Gasteiger partial charge >= 0.3 is 0 Å². The third-order valence-corrected chi connectivity index (χ3v) is 11.4. The van der Waals surface area contributed by atoms with Gasteiger partial charge in [0.15, 0.2) is 0 Å². The summed E-state index contributed by atoms with van der Waals surface area (Å²) in [5.74, 6) is 0.778. The van der Waals surface area contributed by atoms with Crippen molar-refractivity contribution in [2.24, 2.45) is 39.9 Å². The number of fused-ring (bicyclic) bond motifs is 5. The maximum absolute atomic E-state index is 14.4. The van der Waals surface area contributed by atoms with Crippen LogP contribution in [0.1, 0.15) is 93.4 Å². The van der Waals surface area contributed by atoms with Crippen molar-refractivity contribution >= 4 is 17.5 Å². The first kappa shape index (κ1) is 29.3. The van der Waals surface area contributed by atoms with Gasteiger partial charge in [-0.25, -0.2) is 4.39 Å². The van der Waals surface area contributed by atoms with Crippen LogP contribution in [0.3, 0.4) is 0 Å². The first-order valence-corrected chi connectivity index (χ1v) is 15.3. The van der Waals surface area contributed by atoms with Crippen LogP contribution < -0.4 is 10.2 Å². The number of carbonyl (C=O) groups excluding carboxylic acids is 2. The molecule has 0 aromatic heterocycles. The highest BCUT2D eigenvalue weighted by atomic mass is 19.1. The van der Waals surface area contributed by atoms with Gasteiger partial charge in [0.1, 0.15) is 12.4 Å². The standard InChI is InChI=1S/C34H49FN2O3/c1-31(2,3)36-29(39)20-37(22-10-8-21(35)9-11-22)30(40)26-14-13-24-23-12-15-27-32(4,5)28(38)17-19-34(27,7)25(23)16-18-33(24,26)6/h8-11,15,23-26,28,38H,12-14,16-20H2,1-7H3,(H,36,39)/t23-,24-,25-,26+,28-,33-,34+/m0/s1. The zero-order valence-electron chi connectivity index (χ0n) is 25.5. The van der Waals surface area contributed by atoms with E-state index in [0.29, 0.717) is 23.4 Å². The van der Waals surface area contributed by atoms with Crippen molar-refractivity contribution in [3.05, 3.63) is 41.7 Å². The number of hydrogen-bond donors (Lipinski definition) is 2. The number of carbonyl (C=O) groups is 2. The molecule has 4 aliphatic rings. The van der Waals surface area contributed by atoms with Crippen LogP contribution >= 0.6 is 0 Å². The monoisotopic (exact) mass is 552 g/mol. The van der Waals surface area contributed by atoms with Crippen LogP contribution in [0.4, 0.5) is 10.1 Å². The molecule has 1 aromatic rings. The number of rotatable bonds is 4. The molecule has 2 amide bonds. The van der Waals surface area contributed by atoms with Crippen molar-refractivity contribution in [3.8, 4) is 0 Å². The fourth-order valence-electron chi connectivity index (χ4n) is 9.50. The van der Waals surface area contributed by atoms with Crippen molar-refractivity contribution in [2.75, 3.05) is 11.4 Å². The molecule has 0 unspecified atom stereocenters. The number of nitrogens with one attached hydrogen (secondary N) is 1. The van der Waals surface area contributed by atoms with Gasteiger partial charge in [-0.15, -0.1) is 0 Å². The third-order valence-electron chi connectivity index (χ3n) is 11.4. The molecule has 5 rings (SSSR count). The van der Waals surface area contributed by atoms with E-state index >= 15 is 0 Å². The van der Waals surface area contributed by atoms with Crippen LogP contribution in [0.15, 0.2) is 35.9 Å². The molecule has 0 bridgehead atoms. The highest BCUT2D eigenvalue weighted by molar-refractivity contribution is 6.00. The molecule has 3 fully saturated rings. The second-order valence-corrected chi connectivity index (χ2v) is 15.3. The van der Waals surface area contributed by atoms with Crippen molar-refractivity contribution in [2.45, 2.75) is 105 Å². The summed E-state index contributed by atoms with van der Waals surface area (Å²) in [4.78, 5) is 29.0. The Kier molecular flexibility index (Phi) is 7.29. The lowest BCUT2D eigenvalue weighted by atomic mass is 9.44. The van der Waals surface area contributed by atoms with Gasteiger partial charge in [-0.3, -0.25) is 9.59 Å². The zero-order chi connectivity index (χ0) is 29.3. The zero-order valence-corrected chi connectivity index (χ0v) is 25.5. The van der Waals surface area contributed by atoms with E-state index in [-0.39, 0.29) is 52.4 Å². The molecule has 0 aliphatic heterocycles. The van der Waals surface area contributed by atoms with Crippen LogP contribution in [0, 0.1) is 45.7 Å². The molecule has 220 valence electrons. The molecule has 0 heterocycles. The lowest BCUT2D eigenvalue weighted by molar-refractivity contribution is -0.132. The maximum atomic E-state index is 14.4. The molecule has 7 atom stereocenters. The Morgan fingerprint density at radius 1 is 1.00 bits per heavy atom. The SMILES string of the molecule is CC(C)(C)NC(=O)CN(C(=O)[C@H]1CC[C@H]2[C@@H]3CC=C4C(C)(C)[C@@H](O)CC[C@]4(C)[C@H]3CC[C@]12C)c1ccc(F)cc1. The van der Waals surface area contributed by atoms with Crippen LogP contribution in [0.25, 0.3) is 0 Å². The molecule has 0 saturated heterocycles. The van der Waals surface area contributed by atoms with E-state index in [1.807, 2.05) is 20.8 Å². The van der Waals surface area contributed by atoms with Gasteiger partial charge in [-0.2, -0.15) is 0 Å². The summed E-state index contributed by atoms with van der Waals surface area (Å²) in [6.07, 6.45) is 8.96. The quantitative estimate of drug-likeness (QED) is 0.411. The Hall–Kier alpha value is -2.21. The first-order chi connectivity index (χ1) is 18.6. The van der Waals surface area contributed by atoms with Crippen LogP contribution in [-0.4, -0.2) is 35.1 Å². The van der Waals surface area contributed by atoms with E-state index in [0.717, 1.165) is 44.9 Å². The summed E-state index contributed by atoms with van der Waals surface area (Å²) < 4.78 is 13.8. The molecule has 1 aromatic carbocycles. The van der Waals surface area contributed by atoms with Gasteiger partial charge in [0.2, 0.25) is 11.8 Å². The van der Waals surface area contributed by atoms with E-state index in [9.17, 15) is 19.1 Å². The van der Waals surface area contributed by atoms with Gasteiger partial charge in [0, 0.05) is 22.6 Å². The number of benzene rings is 1. The van der Waals surface area contributed by atoms with Crippen molar-refractivity contribution in [1.29, 1.82) is 0 Å². The van der Waals surface area contributed by atoms with Crippen molar-refractivity contribution in [1.82, 2.24) is 5.32 Å². The smallest absolute Gasteiger partial charge is 0.240 e. The summed E-state index contributed by atoms with van der Waals surface area (Å²) in [6.45, 7) is 14.9. The van der Waals surface area contributed by atoms with E-state index in [1.54, 1.807) is 17.0 Å². The molecule has 40 heavy (non-hydrogen) atoms. The number of aliphatic hydroxyl groups is 1. The number of hydrogen-bond acceptors (Lipinski definition) is 3. The van der Waals surface area contributed by atoms with E-state index in [2.05, 4.69) is 39.1 Å². The Labute approximate surface area is 240 Å². The molecular formula is C34H49FN2O3. The van der Waals surface area contributed by atoms with Gasteiger partial charge in [0.05, 0.1) is 6.10 Å². The van der Waals surface area contributed by atoms with Crippen LogP contribution in [-0.2, 0) is 9.59 Å². The Bertz CT molecular complexity index is 1180. The number of amides is 2. The van der Waals surface area contributed by atoms with Crippen molar-refractivity contribution < 1.29 is 19.1 Å². The summed E-state index contributed by atoms with van der Waals surface area (Å²) >= 11 is 0.